The fourth-order valence-electron chi connectivity index (χ4n) is 4.14. The summed E-state index contributed by atoms with van der Waals surface area (Å²) < 4.78 is 11.6. The molecule has 1 aromatic heterocycles. The van der Waals surface area contributed by atoms with Crippen LogP contribution in [0.2, 0.25) is 0 Å². The van der Waals surface area contributed by atoms with E-state index in [4.69, 9.17) is 9.47 Å². The Morgan fingerprint density at radius 3 is 2.79 bits per heavy atom. The Labute approximate surface area is 169 Å². The molecule has 5 nitrogen and oxygen atoms in total. The maximum Gasteiger partial charge on any atom is 0.225 e. The molecule has 1 amide bonds. The van der Waals surface area contributed by atoms with Crippen LogP contribution in [0.25, 0.3) is 0 Å². The molecule has 6 heteroatoms. The van der Waals surface area contributed by atoms with Crippen molar-refractivity contribution >= 4 is 23.0 Å². The first-order valence-electron chi connectivity index (χ1n) is 9.71. The van der Waals surface area contributed by atoms with Gasteiger partial charge in [-0.2, -0.15) is 0 Å². The molecule has 0 unspecified atom stereocenters. The van der Waals surface area contributed by atoms with Crippen molar-refractivity contribution < 1.29 is 19.1 Å². The van der Waals surface area contributed by atoms with E-state index in [2.05, 4.69) is 6.07 Å². The second-order valence-corrected chi connectivity index (χ2v) is 8.79. The summed E-state index contributed by atoms with van der Waals surface area (Å²) in [6.07, 6.45) is 2.50. The van der Waals surface area contributed by atoms with Gasteiger partial charge >= 0.3 is 0 Å². The first-order valence-corrected chi connectivity index (χ1v) is 10.6. The second-order valence-electron chi connectivity index (χ2n) is 7.76. The minimum Gasteiger partial charge on any atom is -0.497 e. The summed E-state index contributed by atoms with van der Waals surface area (Å²) in [5, 5.41) is 2.04. The summed E-state index contributed by atoms with van der Waals surface area (Å²) >= 11 is 1.69. The molecule has 2 aliphatic heterocycles. The molecule has 2 aromatic rings. The van der Waals surface area contributed by atoms with Gasteiger partial charge in [0.05, 0.1) is 19.1 Å². The van der Waals surface area contributed by atoms with Crippen molar-refractivity contribution in [2.24, 2.45) is 5.92 Å². The van der Waals surface area contributed by atoms with E-state index in [-0.39, 0.29) is 17.6 Å². The number of hydrogen-bond acceptors (Lipinski definition) is 5. The van der Waals surface area contributed by atoms with E-state index >= 15 is 0 Å². The lowest BCUT2D eigenvalue weighted by Gasteiger charge is -2.44. The summed E-state index contributed by atoms with van der Waals surface area (Å²) in [5.74, 6) is 1.54. The molecule has 2 aliphatic rings. The molecule has 1 aromatic carbocycles. The van der Waals surface area contributed by atoms with Crippen molar-refractivity contribution in [1.82, 2.24) is 4.90 Å². The van der Waals surface area contributed by atoms with E-state index in [0.29, 0.717) is 49.4 Å². The number of carbonyl (C=O) groups excluding carboxylic acids is 2. The maximum absolute atomic E-state index is 12.8. The smallest absolute Gasteiger partial charge is 0.225 e. The number of hydrogen-bond donors (Lipinski definition) is 0. The molecule has 0 N–H and O–H groups in total. The molecule has 1 atom stereocenters. The Kier molecular flexibility index (Phi) is 5.15. The molecule has 0 saturated carbocycles. The molecule has 148 valence electrons. The molecule has 1 saturated heterocycles. The van der Waals surface area contributed by atoms with Gasteiger partial charge in [-0.25, -0.2) is 0 Å². The molecule has 28 heavy (non-hydrogen) atoms. The lowest BCUT2D eigenvalue weighted by molar-refractivity contribution is -0.138. The number of likely N-dealkylation sites (tertiary alicyclic amines) is 1. The van der Waals surface area contributed by atoms with E-state index in [9.17, 15) is 9.59 Å². The highest BCUT2D eigenvalue weighted by atomic mass is 32.1. The summed E-state index contributed by atoms with van der Waals surface area (Å²) in [7, 11) is 1.60. The third-order valence-corrected chi connectivity index (χ3v) is 6.69. The molecule has 0 radical (unpaired) electrons. The zero-order valence-corrected chi connectivity index (χ0v) is 17.1. The number of nitrogens with zero attached hydrogens (tertiary/aromatic N) is 1. The van der Waals surface area contributed by atoms with Crippen molar-refractivity contribution in [3.63, 3.8) is 0 Å². The Bertz CT molecular complexity index is 869. The molecule has 3 heterocycles. The van der Waals surface area contributed by atoms with Crippen molar-refractivity contribution in [1.29, 1.82) is 0 Å². The Morgan fingerprint density at radius 1 is 1.32 bits per heavy atom. The zero-order chi connectivity index (χ0) is 19.7. The number of benzene rings is 1. The number of carbonyl (C=O) groups is 2. The summed E-state index contributed by atoms with van der Waals surface area (Å²) in [5.41, 5.74) is 0.110. The first kappa shape index (κ1) is 19.0. The van der Waals surface area contributed by atoms with Gasteiger partial charge in [0.2, 0.25) is 5.91 Å². The van der Waals surface area contributed by atoms with Gasteiger partial charge in [0.1, 0.15) is 17.1 Å². The van der Waals surface area contributed by atoms with Crippen LogP contribution in [0.15, 0.2) is 35.7 Å². The highest BCUT2D eigenvalue weighted by Gasteiger charge is 2.44. The van der Waals surface area contributed by atoms with E-state index in [1.165, 1.54) is 4.88 Å². The van der Waals surface area contributed by atoms with Crippen LogP contribution >= 0.6 is 11.3 Å². The molecule has 0 bridgehead atoms. The number of ketones is 1. The van der Waals surface area contributed by atoms with Crippen molar-refractivity contribution in [3.8, 4) is 11.5 Å². The monoisotopic (exact) mass is 399 g/mol. The number of fused-ring (bicyclic) bond motifs is 1. The number of amides is 1. The van der Waals surface area contributed by atoms with Gasteiger partial charge in [-0.15, -0.1) is 11.3 Å². The van der Waals surface area contributed by atoms with Crippen molar-refractivity contribution in [2.75, 3.05) is 20.2 Å². The van der Waals surface area contributed by atoms with E-state index in [1.807, 2.05) is 23.3 Å². The van der Waals surface area contributed by atoms with Crippen LogP contribution in [0.1, 0.15) is 41.4 Å². The highest BCUT2D eigenvalue weighted by Crippen LogP contribution is 2.41. The van der Waals surface area contributed by atoms with Crippen LogP contribution in [0, 0.1) is 5.92 Å². The summed E-state index contributed by atoms with van der Waals surface area (Å²) in [4.78, 5) is 28.7. The third kappa shape index (κ3) is 3.65. The topological polar surface area (TPSA) is 55.8 Å². The predicted molar refractivity (Wildman–Crippen MR) is 108 cm³/mol. The van der Waals surface area contributed by atoms with Gasteiger partial charge in [-0.3, -0.25) is 9.59 Å². The van der Waals surface area contributed by atoms with Crippen LogP contribution in [-0.2, 0) is 11.2 Å². The highest BCUT2D eigenvalue weighted by molar-refractivity contribution is 7.09. The van der Waals surface area contributed by atoms with E-state index in [0.717, 1.165) is 6.42 Å². The van der Waals surface area contributed by atoms with E-state index < -0.39 is 5.60 Å². The van der Waals surface area contributed by atoms with Gasteiger partial charge in [-0.1, -0.05) is 13.0 Å². The fraction of sp³-hybridized carbons (Fsp3) is 0.455. The Hall–Kier alpha value is -2.34. The quantitative estimate of drug-likeness (QED) is 0.781. The van der Waals surface area contributed by atoms with Crippen molar-refractivity contribution in [2.45, 2.75) is 38.2 Å². The normalized spacial score (nSPS) is 19.1. The van der Waals surface area contributed by atoms with E-state index in [1.54, 1.807) is 36.6 Å². The average Bonchev–Trinajstić information content (AvgIpc) is 3.20. The van der Waals surface area contributed by atoms with Crippen LogP contribution in [0.5, 0.6) is 11.5 Å². The van der Waals surface area contributed by atoms with Gasteiger partial charge in [0.15, 0.2) is 5.78 Å². The SMILES string of the molecule is COc1ccc2c(c1)OC1(CCN(C(=O)[C@@H](C)Cc3cccs3)CC1)CC2=O. The minimum atomic E-state index is -0.510. The first-order chi connectivity index (χ1) is 13.5. The average molecular weight is 400 g/mol. The largest absolute Gasteiger partial charge is 0.497 e. The Balaban J connectivity index is 1.42. The molecular formula is C22H25NO4S. The van der Waals surface area contributed by atoms with Gasteiger partial charge in [0.25, 0.3) is 0 Å². The number of piperidine rings is 1. The summed E-state index contributed by atoms with van der Waals surface area (Å²) in [6, 6.07) is 9.44. The number of rotatable bonds is 4. The third-order valence-electron chi connectivity index (χ3n) is 5.79. The molecular weight excluding hydrogens is 374 g/mol. The number of Topliss-reactive ketones (excluding diaryl/α,β-unsaturated/α-hetero) is 1. The van der Waals surface area contributed by atoms with Crippen LogP contribution in [0.4, 0.5) is 0 Å². The molecule has 4 rings (SSSR count). The van der Waals surface area contributed by atoms with Gasteiger partial charge < -0.3 is 14.4 Å². The van der Waals surface area contributed by atoms with Gasteiger partial charge in [-0.05, 0) is 30.0 Å². The molecule has 1 fully saturated rings. The van der Waals surface area contributed by atoms with Crippen LogP contribution < -0.4 is 9.47 Å². The van der Waals surface area contributed by atoms with Crippen molar-refractivity contribution in [3.05, 3.63) is 46.2 Å². The lowest BCUT2D eigenvalue weighted by Crippen LogP contribution is -2.53. The van der Waals surface area contributed by atoms with Crippen LogP contribution in [0.3, 0.4) is 0 Å². The molecule has 0 aliphatic carbocycles. The minimum absolute atomic E-state index is 0.0356. The number of ether oxygens (including phenoxy) is 2. The second kappa shape index (κ2) is 7.59. The van der Waals surface area contributed by atoms with Gasteiger partial charge in [0, 0.05) is 42.8 Å². The maximum atomic E-state index is 12.8. The number of thiophene rings is 1. The Morgan fingerprint density at radius 2 is 2.11 bits per heavy atom. The number of methoxy groups -OCH3 is 1. The summed E-state index contributed by atoms with van der Waals surface area (Å²) in [6.45, 7) is 3.25. The van der Waals surface area contributed by atoms with Crippen LogP contribution in [-0.4, -0.2) is 42.4 Å². The zero-order valence-electron chi connectivity index (χ0n) is 16.3. The fourth-order valence-corrected chi connectivity index (χ4v) is 4.98. The predicted octanol–water partition coefficient (Wildman–Crippen LogP) is 3.96. The standard InChI is InChI=1S/C22H25NO4S/c1-15(12-17-4-3-11-28-17)21(25)23-9-7-22(8-10-23)14-19(24)18-6-5-16(26-2)13-20(18)27-22/h3-6,11,13,15H,7-10,12,14H2,1-2H3/t15-/m0/s1. The molecule has 1 spiro atoms. The lowest BCUT2D eigenvalue weighted by atomic mass is 9.82.